The van der Waals surface area contributed by atoms with Gasteiger partial charge in [-0.05, 0) is 11.6 Å². The van der Waals surface area contributed by atoms with Crippen molar-refractivity contribution in [2.24, 2.45) is 0 Å². The molecule has 0 aliphatic carbocycles. The molecule has 0 atom stereocenters. The molecule has 0 amide bonds. The Morgan fingerprint density at radius 1 is 1.50 bits per heavy atom. The van der Waals surface area contributed by atoms with Crippen molar-refractivity contribution in [1.29, 1.82) is 0 Å². The number of hydrogen-bond donors (Lipinski definition) is 0. The van der Waals surface area contributed by atoms with E-state index >= 15 is 0 Å². The van der Waals surface area contributed by atoms with Gasteiger partial charge in [0, 0.05) is 0 Å². The second-order valence-corrected chi connectivity index (χ2v) is 2.98. The summed E-state index contributed by atoms with van der Waals surface area (Å²) in [6.07, 6.45) is -2.55. The van der Waals surface area contributed by atoms with E-state index in [1.165, 1.54) is 0 Å². The minimum Gasteiger partial charge on any atom is -0.274 e. The molecule has 14 heavy (non-hydrogen) atoms. The highest BCUT2D eigenvalue weighted by atomic mass is 35.5. The topological polar surface area (TPSA) is 30.0 Å². The summed E-state index contributed by atoms with van der Waals surface area (Å²) < 4.78 is 37.4. The molecule has 2 nitrogen and oxygen atoms in total. The van der Waals surface area contributed by atoms with Crippen LogP contribution in [-0.2, 0) is 0 Å². The van der Waals surface area contributed by atoms with Gasteiger partial charge in [0.25, 0.3) is 11.7 Å². The SMILES string of the molecule is O=C(Cl)c1ncc(F)c(Cl)c1C(F)F. The summed E-state index contributed by atoms with van der Waals surface area (Å²) in [5, 5.41) is -2.04. The number of carbonyl (C=O) groups is 1. The summed E-state index contributed by atoms with van der Waals surface area (Å²) in [6, 6.07) is 0. The third kappa shape index (κ3) is 1.99. The first-order valence-electron chi connectivity index (χ1n) is 3.27. The zero-order chi connectivity index (χ0) is 10.9. The first-order chi connectivity index (χ1) is 6.45. The Balaban J connectivity index is 3.45. The number of alkyl halides is 2. The van der Waals surface area contributed by atoms with Crippen molar-refractivity contribution in [2.75, 3.05) is 0 Å². The van der Waals surface area contributed by atoms with Gasteiger partial charge in [-0.1, -0.05) is 11.6 Å². The normalized spacial score (nSPS) is 10.7. The van der Waals surface area contributed by atoms with Gasteiger partial charge in [-0.15, -0.1) is 0 Å². The van der Waals surface area contributed by atoms with E-state index in [1.54, 1.807) is 0 Å². The minimum absolute atomic E-state index is 0.559. The van der Waals surface area contributed by atoms with E-state index in [2.05, 4.69) is 4.98 Å². The summed E-state index contributed by atoms with van der Waals surface area (Å²) in [6.45, 7) is 0. The van der Waals surface area contributed by atoms with Crippen LogP contribution in [-0.4, -0.2) is 10.2 Å². The third-order valence-corrected chi connectivity index (χ3v) is 1.98. The molecule has 0 bridgehead atoms. The van der Waals surface area contributed by atoms with Crippen LogP contribution in [0.25, 0.3) is 0 Å². The molecule has 1 aromatic heterocycles. The van der Waals surface area contributed by atoms with Crippen LogP contribution in [0.3, 0.4) is 0 Å². The fraction of sp³-hybridized carbons (Fsp3) is 0.143. The van der Waals surface area contributed by atoms with Gasteiger partial charge in [-0.3, -0.25) is 4.79 Å². The zero-order valence-electron chi connectivity index (χ0n) is 6.40. The molecule has 1 heterocycles. The molecule has 76 valence electrons. The number of nitrogens with zero attached hydrogens (tertiary/aromatic N) is 1. The van der Waals surface area contributed by atoms with Crippen molar-refractivity contribution in [1.82, 2.24) is 4.98 Å². The number of rotatable bonds is 2. The lowest BCUT2D eigenvalue weighted by Crippen LogP contribution is -2.04. The molecule has 0 aromatic carbocycles. The van der Waals surface area contributed by atoms with Crippen molar-refractivity contribution in [2.45, 2.75) is 6.43 Å². The van der Waals surface area contributed by atoms with Crippen LogP contribution in [0.15, 0.2) is 6.20 Å². The maximum absolute atomic E-state index is 12.7. The molecule has 0 radical (unpaired) electrons. The smallest absolute Gasteiger partial charge is 0.271 e. The van der Waals surface area contributed by atoms with Crippen molar-refractivity contribution >= 4 is 28.4 Å². The number of pyridine rings is 1. The van der Waals surface area contributed by atoms with Gasteiger partial charge in [0.1, 0.15) is 5.69 Å². The molecular weight excluding hydrogens is 242 g/mol. The highest BCUT2D eigenvalue weighted by Crippen LogP contribution is 2.31. The fourth-order valence-corrected chi connectivity index (χ4v) is 1.21. The first-order valence-corrected chi connectivity index (χ1v) is 4.02. The Bertz CT molecular complexity index is 383. The lowest BCUT2D eigenvalue weighted by molar-refractivity contribution is 0.106. The second-order valence-electron chi connectivity index (χ2n) is 2.26. The molecular formula is C7H2Cl2F3NO. The minimum atomic E-state index is -3.11. The van der Waals surface area contributed by atoms with Crippen LogP contribution in [0.5, 0.6) is 0 Å². The van der Waals surface area contributed by atoms with E-state index in [0.29, 0.717) is 6.20 Å². The average Bonchev–Trinajstić information content (AvgIpc) is 2.08. The predicted molar refractivity (Wildman–Crippen MR) is 44.3 cm³/mol. The van der Waals surface area contributed by atoms with Gasteiger partial charge in [0.05, 0.1) is 16.8 Å². The van der Waals surface area contributed by atoms with Gasteiger partial charge in [-0.2, -0.15) is 0 Å². The standard InChI is InChI=1S/C7H2Cl2F3NO/c8-4-2(10)1-13-5(6(9)14)3(4)7(11)12/h1,7H. The number of halogens is 5. The molecule has 0 aliphatic heterocycles. The van der Waals surface area contributed by atoms with Gasteiger partial charge in [0.15, 0.2) is 5.82 Å². The van der Waals surface area contributed by atoms with Crippen molar-refractivity contribution in [3.63, 3.8) is 0 Å². The summed E-state index contributed by atoms with van der Waals surface area (Å²) in [4.78, 5) is 13.8. The van der Waals surface area contributed by atoms with E-state index in [-0.39, 0.29) is 0 Å². The van der Waals surface area contributed by atoms with Gasteiger partial charge >= 0.3 is 0 Å². The van der Waals surface area contributed by atoms with Crippen LogP contribution in [0, 0.1) is 5.82 Å². The molecule has 0 aliphatic rings. The van der Waals surface area contributed by atoms with E-state index < -0.39 is 33.8 Å². The molecule has 7 heteroatoms. The maximum Gasteiger partial charge on any atom is 0.271 e. The molecule has 1 aromatic rings. The average molecular weight is 244 g/mol. The Morgan fingerprint density at radius 3 is 2.50 bits per heavy atom. The number of carbonyl (C=O) groups excluding carboxylic acids is 1. The quantitative estimate of drug-likeness (QED) is 0.747. The molecule has 0 fully saturated rings. The van der Waals surface area contributed by atoms with Crippen LogP contribution >= 0.6 is 23.2 Å². The molecule has 0 unspecified atom stereocenters. The summed E-state index contributed by atoms with van der Waals surface area (Å²) in [5.41, 5.74) is -1.71. The molecule has 0 saturated carbocycles. The summed E-state index contributed by atoms with van der Waals surface area (Å²) in [5.74, 6) is -1.12. The molecule has 1 rings (SSSR count). The van der Waals surface area contributed by atoms with E-state index in [4.69, 9.17) is 23.2 Å². The van der Waals surface area contributed by atoms with Gasteiger partial charge < -0.3 is 0 Å². The highest BCUT2D eigenvalue weighted by Gasteiger charge is 2.24. The van der Waals surface area contributed by atoms with Crippen LogP contribution in [0.4, 0.5) is 13.2 Å². The highest BCUT2D eigenvalue weighted by molar-refractivity contribution is 6.67. The molecule has 0 spiro atoms. The monoisotopic (exact) mass is 243 g/mol. The van der Waals surface area contributed by atoms with Crippen LogP contribution < -0.4 is 0 Å². The van der Waals surface area contributed by atoms with Crippen molar-refractivity contribution in [3.05, 3.63) is 28.3 Å². The van der Waals surface area contributed by atoms with Crippen LogP contribution in [0.1, 0.15) is 22.5 Å². The summed E-state index contributed by atoms with van der Waals surface area (Å²) >= 11 is 10.2. The number of aromatic nitrogens is 1. The Morgan fingerprint density at radius 2 is 2.07 bits per heavy atom. The Kier molecular flexibility index (Phi) is 3.34. The second kappa shape index (κ2) is 4.14. The van der Waals surface area contributed by atoms with E-state index in [1.807, 2.05) is 0 Å². The van der Waals surface area contributed by atoms with Crippen LogP contribution in [0.2, 0.25) is 5.02 Å². The Hall–Kier alpha value is -0.810. The number of hydrogen-bond acceptors (Lipinski definition) is 2. The zero-order valence-corrected chi connectivity index (χ0v) is 7.91. The van der Waals surface area contributed by atoms with Crippen molar-refractivity contribution < 1.29 is 18.0 Å². The van der Waals surface area contributed by atoms with E-state index in [0.717, 1.165) is 0 Å². The lowest BCUT2D eigenvalue weighted by Gasteiger charge is -2.06. The first kappa shape index (κ1) is 11.3. The van der Waals surface area contributed by atoms with E-state index in [9.17, 15) is 18.0 Å². The molecule has 0 N–H and O–H groups in total. The summed E-state index contributed by atoms with van der Waals surface area (Å²) in [7, 11) is 0. The fourth-order valence-electron chi connectivity index (χ4n) is 0.836. The lowest BCUT2D eigenvalue weighted by atomic mass is 10.2. The van der Waals surface area contributed by atoms with Crippen molar-refractivity contribution in [3.8, 4) is 0 Å². The largest absolute Gasteiger partial charge is 0.274 e. The molecule has 0 saturated heterocycles. The Labute approximate surface area is 86.6 Å². The van der Waals surface area contributed by atoms with Gasteiger partial charge in [0.2, 0.25) is 0 Å². The third-order valence-electron chi connectivity index (χ3n) is 1.41. The predicted octanol–water partition coefficient (Wildman–Crippen LogP) is 3.19. The van der Waals surface area contributed by atoms with Gasteiger partial charge in [-0.25, -0.2) is 18.2 Å². The maximum atomic E-state index is 12.7.